The van der Waals surface area contributed by atoms with Gasteiger partial charge in [-0.25, -0.2) is 8.78 Å². The molecule has 1 aliphatic rings. The third kappa shape index (κ3) is 6.38. The third-order valence-electron chi connectivity index (χ3n) is 6.66. The number of hydrogen-bond donors (Lipinski definition) is 1. The number of benzene rings is 3. The van der Waals surface area contributed by atoms with Crippen LogP contribution < -0.4 is 4.74 Å². The van der Waals surface area contributed by atoms with Crippen molar-refractivity contribution in [2.75, 3.05) is 19.7 Å². The lowest BCUT2D eigenvalue weighted by Gasteiger charge is -2.36. The molecule has 1 saturated heterocycles. The second kappa shape index (κ2) is 11.5. The number of aliphatic carboxylic acids is 1. The standard InChI is InChI=1S/C30H31F2NO3/c1-20-8-9-23(15-21(20)2)16-24(27-6-3-7-28(31)29(27)32)5-4-14-36-26-12-10-22(11-13-26)17-33-18-25(19-33)30(34)35/h3,6-13,15-16,25H,4-5,14,17-19H2,1-2H3,(H,34,35)/b24-16-. The summed E-state index contributed by atoms with van der Waals surface area (Å²) in [7, 11) is 0. The van der Waals surface area contributed by atoms with Crippen LogP contribution in [0.4, 0.5) is 8.78 Å². The van der Waals surface area contributed by atoms with Crippen LogP contribution in [0.5, 0.6) is 5.75 Å². The topological polar surface area (TPSA) is 49.8 Å². The zero-order valence-electron chi connectivity index (χ0n) is 20.6. The van der Waals surface area contributed by atoms with Gasteiger partial charge in [0.25, 0.3) is 0 Å². The summed E-state index contributed by atoms with van der Waals surface area (Å²) in [5.41, 5.74) is 5.37. The number of hydrogen-bond acceptors (Lipinski definition) is 3. The first kappa shape index (κ1) is 25.6. The lowest BCUT2D eigenvalue weighted by Crippen LogP contribution is -2.49. The monoisotopic (exact) mass is 491 g/mol. The van der Waals surface area contributed by atoms with E-state index in [0.717, 1.165) is 40.6 Å². The van der Waals surface area contributed by atoms with Gasteiger partial charge < -0.3 is 9.84 Å². The first-order valence-electron chi connectivity index (χ1n) is 12.2. The minimum absolute atomic E-state index is 0.262. The maximum Gasteiger partial charge on any atom is 0.309 e. The van der Waals surface area contributed by atoms with Gasteiger partial charge in [-0.15, -0.1) is 0 Å². The zero-order valence-corrected chi connectivity index (χ0v) is 20.6. The third-order valence-corrected chi connectivity index (χ3v) is 6.66. The van der Waals surface area contributed by atoms with E-state index in [1.807, 2.05) is 62.4 Å². The molecule has 0 bridgehead atoms. The molecule has 3 aromatic carbocycles. The summed E-state index contributed by atoms with van der Waals surface area (Å²) in [6, 6.07) is 18.1. The summed E-state index contributed by atoms with van der Waals surface area (Å²) in [5, 5.41) is 8.99. The molecule has 6 heteroatoms. The zero-order chi connectivity index (χ0) is 25.7. The van der Waals surface area contributed by atoms with E-state index < -0.39 is 17.6 Å². The Balaban J connectivity index is 1.35. The predicted octanol–water partition coefficient (Wildman–Crippen LogP) is 6.50. The van der Waals surface area contributed by atoms with Gasteiger partial charge in [0.1, 0.15) is 5.75 Å². The lowest BCUT2D eigenvalue weighted by molar-refractivity contribution is -0.147. The van der Waals surface area contributed by atoms with Gasteiger partial charge in [-0.3, -0.25) is 9.69 Å². The van der Waals surface area contributed by atoms with Crippen LogP contribution in [0, 0.1) is 31.4 Å². The predicted molar refractivity (Wildman–Crippen MR) is 138 cm³/mol. The van der Waals surface area contributed by atoms with Crippen molar-refractivity contribution in [3.8, 4) is 5.75 Å². The Morgan fingerprint density at radius 1 is 1.06 bits per heavy atom. The largest absolute Gasteiger partial charge is 0.494 e. The van der Waals surface area contributed by atoms with Crippen LogP contribution in [-0.4, -0.2) is 35.7 Å². The van der Waals surface area contributed by atoms with Crippen LogP contribution in [0.2, 0.25) is 0 Å². The van der Waals surface area contributed by atoms with Crippen LogP contribution in [0.25, 0.3) is 11.6 Å². The van der Waals surface area contributed by atoms with Gasteiger partial charge in [-0.2, -0.15) is 0 Å². The Morgan fingerprint density at radius 3 is 2.50 bits per heavy atom. The van der Waals surface area contributed by atoms with Gasteiger partial charge in [0, 0.05) is 25.2 Å². The normalized spacial score (nSPS) is 14.5. The summed E-state index contributed by atoms with van der Waals surface area (Å²) in [6.07, 6.45) is 3.09. The molecule has 4 nitrogen and oxygen atoms in total. The fourth-order valence-electron chi connectivity index (χ4n) is 4.35. The van der Waals surface area contributed by atoms with Gasteiger partial charge in [0.15, 0.2) is 11.6 Å². The van der Waals surface area contributed by atoms with Crippen LogP contribution in [0.15, 0.2) is 60.7 Å². The van der Waals surface area contributed by atoms with Crippen molar-refractivity contribution in [2.45, 2.75) is 33.2 Å². The van der Waals surface area contributed by atoms with E-state index in [-0.39, 0.29) is 11.5 Å². The van der Waals surface area contributed by atoms with Gasteiger partial charge >= 0.3 is 5.97 Å². The highest BCUT2D eigenvalue weighted by Gasteiger charge is 2.32. The first-order valence-corrected chi connectivity index (χ1v) is 12.2. The molecule has 1 heterocycles. The molecule has 1 fully saturated rings. The van der Waals surface area contributed by atoms with Crippen molar-refractivity contribution in [1.29, 1.82) is 0 Å². The molecular weight excluding hydrogens is 460 g/mol. The second-order valence-electron chi connectivity index (χ2n) is 9.44. The van der Waals surface area contributed by atoms with Crippen molar-refractivity contribution >= 4 is 17.6 Å². The van der Waals surface area contributed by atoms with E-state index in [9.17, 15) is 13.6 Å². The van der Waals surface area contributed by atoms with Crippen LogP contribution in [-0.2, 0) is 11.3 Å². The molecule has 1 N–H and O–H groups in total. The number of allylic oxidation sites excluding steroid dienone is 1. The van der Waals surface area contributed by atoms with Crippen molar-refractivity contribution in [3.05, 3.63) is 100 Å². The minimum atomic E-state index is -0.855. The number of carbonyl (C=O) groups is 1. The average molecular weight is 492 g/mol. The number of aryl methyl sites for hydroxylation is 2. The number of carboxylic acids is 1. The molecule has 0 atom stereocenters. The summed E-state index contributed by atoms with van der Waals surface area (Å²) in [6.45, 7) is 6.39. The van der Waals surface area contributed by atoms with Crippen molar-refractivity contribution in [2.24, 2.45) is 5.92 Å². The highest BCUT2D eigenvalue weighted by molar-refractivity contribution is 5.82. The Kier molecular flexibility index (Phi) is 8.16. The fourth-order valence-corrected chi connectivity index (χ4v) is 4.35. The van der Waals surface area contributed by atoms with Crippen LogP contribution in [0.1, 0.15) is 40.7 Å². The first-order chi connectivity index (χ1) is 17.3. The highest BCUT2D eigenvalue weighted by Crippen LogP contribution is 2.28. The second-order valence-corrected chi connectivity index (χ2v) is 9.44. The van der Waals surface area contributed by atoms with Crippen molar-refractivity contribution in [3.63, 3.8) is 0 Å². The SMILES string of the molecule is Cc1ccc(/C=C(/CCCOc2ccc(CN3CC(C(=O)O)C3)cc2)c2cccc(F)c2F)cc1C. The molecule has 0 amide bonds. The number of rotatable bonds is 10. The van der Waals surface area contributed by atoms with Crippen molar-refractivity contribution in [1.82, 2.24) is 4.90 Å². The molecule has 0 aliphatic carbocycles. The Labute approximate surface area is 210 Å². The minimum Gasteiger partial charge on any atom is -0.494 e. The van der Waals surface area contributed by atoms with Gasteiger partial charge in [-0.1, -0.05) is 48.5 Å². The van der Waals surface area contributed by atoms with Crippen LogP contribution >= 0.6 is 0 Å². The number of ether oxygens (including phenoxy) is 1. The summed E-state index contributed by atoms with van der Waals surface area (Å²) < 4.78 is 34.4. The molecule has 0 spiro atoms. The van der Waals surface area contributed by atoms with E-state index >= 15 is 0 Å². The summed E-state index contributed by atoms with van der Waals surface area (Å²) >= 11 is 0. The van der Waals surface area contributed by atoms with E-state index in [1.54, 1.807) is 6.07 Å². The molecule has 0 radical (unpaired) electrons. The molecule has 188 valence electrons. The summed E-state index contributed by atoms with van der Waals surface area (Å²) in [5.74, 6) is -1.94. The number of likely N-dealkylation sites (tertiary alicyclic amines) is 1. The van der Waals surface area contributed by atoms with Gasteiger partial charge in [0.2, 0.25) is 0 Å². The Morgan fingerprint density at radius 2 is 1.81 bits per heavy atom. The highest BCUT2D eigenvalue weighted by atomic mass is 19.2. The number of halogens is 2. The molecule has 3 aromatic rings. The molecule has 4 rings (SSSR count). The number of nitrogens with zero attached hydrogens (tertiary/aromatic N) is 1. The molecular formula is C30H31F2NO3. The lowest BCUT2D eigenvalue weighted by atomic mass is 9.96. The Bertz CT molecular complexity index is 1250. The fraction of sp³-hybridized carbons (Fsp3) is 0.300. The molecule has 1 aliphatic heterocycles. The summed E-state index contributed by atoms with van der Waals surface area (Å²) in [4.78, 5) is 13.0. The smallest absolute Gasteiger partial charge is 0.309 e. The van der Waals surface area contributed by atoms with E-state index in [0.29, 0.717) is 32.5 Å². The van der Waals surface area contributed by atoms with Gasteiger partial charge in [-0.05, 0) is 72.7 Å². The Hall–Kier alpha value is -3.51. The molecule has 0 aromatic heterocycles. The van der Waals surface area contributed by atoms with E-state index in [2.05, 4.69) is 4.90 Å². The maximum absolute atomic E-state index is 14.6. The quantitative estimate of drug-likeness (QED) is 0.260. The number of carboxylic acid groups (broad SMARTS) is 1. The molecule has 0 unspecified atom stereocenters. The average Bonchev–Trinajstić information content (AvgIpc) is 2.83. The van der Waals surface area contributed by atoms with E-state index in [4.69, 9.17) is 9.84 Å². The maximum atomic E-state index is 14.6. The molecule has 36 heavy (non-hydrogen) atoms. The van der Waals surface area contributed by atoms with Crippen LogP contribution in [0.3, 0.4) is 0 Å². The van der Waals surface area contributed by atoms with E-state index in [1.165, 1.54) is 11.6 Å². The molecule has 0 saturated carbocycles. The van der Waals surface area contributed by atoms with Gasteiger partial charge in [0.05, 0.1) is 12.5 Å². The van der Waals surface area contributed by atoms with Crippen molar-refractivity contribution < 1.29 is 23.4 Å².